The highest BCUT2D eigenvalue weighted by Crippen LogP contribution is 2.57. The molecule has 282 valence electrons. The maximum Gasteiger partial charge on any atom is 0.407 e. The van der Waals surface area contributed by atoms with Gasteiger partial charge in [-0.15, -0.1) is 0 Å². The van der Waals surface area contributed by atoms with Crippen LogP contribution in [0.15, 0.2) is 71.4 Å². The number of imidazole rings is 2. The van der Waals surface area contributed by atoms with Crippen molar-refractivity contribution in [3.8, 4) is 39.5 Å². The summed E-state index contributed by atoms with van der Waals surface area (Å²) in [6.45, 7) is 6.36. The molecule has 0 bridgehead atoms. The van der Waals surface area contributed by atoms with Crippen LogP contribution >= 0.6 is 0 Å². The second kappa shape index (κ2) is 12.9. The summed E-state index contributed by atoms with van der Waals surface area (Å²) in [5.74, 6) is 6.23. The quantitative estimate of drug-likeness (QED) is 0.142. The van der Waals surface area contributed by atoms with Gasteiger partial charge in [-0.3, -0.25) is 9.36 Å². The molecule has 6 heterocycles. The first kappa shape index (κ1) is 33.8. The van der Waals surface area contributed by atoms with Crippen LogP contribution in [0.5, 0.6) is 5.75 Å². The minimum Gasteiger partial charge on any atom is -0.462 e. The summed E-state index contributed by atoms with van der Waals surface area (Å²) >= 11 is 0. The number of hydrogen-bond acceptors (Lipinski definition) is 7. The lowest BCUT2D eigenvalue weighted by molar-refractivity contribution is -0.135. The van der Waals surface area contributed by atoms with Crippen molar-refractivity contribution in [3.63, 3.8) is 0 Å². The molecule has 10 rings (SSSR count). The summed E-state index contributed by atoms with van der Waals surface area (Å²) in [4.78, 5) is 44.3. The second-order valence-corrected chi connectivity index (χ2v) is 16.1. The van der Waals surface area contributed by atoms with Crippen molar-refractivity contribution in [1.82, 2.24) is 34.7 Å². The van der Waals surface area contributed by atoms with Gasteiger partial charge in [-0.25, -0.2) is 14.8 Å². The number of benzene rings is 2. The van der Waals surface area contributed by atoms with Crippen LogP contribution in [0.3, 0.4) is 0 Å². The lowest BCUT2D eigenvalue weighted by Crippen LogP contribution is -2.51. The Hall–Kier alpha value is -5.78. The van der Waals surface area contributed by atoms with Crippen LogP contribution in [0.4, 0.5) is 4.79 Å². The second-order valence-electron chi connectivity index (χ2n) is 16.1. The Morgan fingerprint density at radius 1 is 0.927 bits per heavy atom. The fourth-order valence-electron chi connectivity index (χ4n) is 9.28. The number of hydrogen-bond donors (Lipinski definition) is 3. The van der Waals surface area contributed by atoms with Crippen LogP contribution in [0.25, 0.3) is 44.7 Å². The molecule has 2 aliphatic carbocycles. The average Bonchev–Trinajstić information content (AvgIpc) is 3.95. The highest BCUT2D eigenvalue weighted by Gasteiger charge is 2.47. The molecule has 4 aromatic heterocycles. The number of ether oxygens (including phenoxy) is 2. The van der Waals surface area contributed by atoms with E-state index in [1.165, 1.54) is 26.4 Å². The van der Waals surface area contributed by atoms with Crippen molar-refractivity contribution in [2.24, 2.45) is 17.8 Å². The zero-order valence-corrected chi connectivity index (χ0v) is 31.5. The third kappa shape index (κ3) is 5.80. The van der Waals surface area contributed by atoms with E-state index in [1.54, 1.807) is 0 Å². The van der Waals surface area contributed by atoms with Gasteiger partial charge in [0.2, 0.25) is 12.1 Å². The van der Waals surface area contributed by atoms with Crippen LogP contribution in [-0.4, -0.2) is 61.1 Å². The number of H-pyrrole nitrogens is 2. The van der Waals surface area contributed by atoms with Gasteiger partial charge < -0.3 is 34.1 Å². The number of alkyl carbamates (subject to hydrolysis) is 1. The number of fused-ring (bicyclic) bond motifs is 6. The summed E-state index contributed by atoms with van der Waals surface area (Å²) in [5.41, 5.74) is 6.97. The van der Waals surface area contributed by atoms with Crippen LogP contribution in [0, 0.1) is 24.7 Å². The lowest BCUT2D eigenvalue weighted by atomic mass is 10.0. The molecular formula is C43H45N7O5. The van der Waals surface area contributed by atoms with Gasteiger partial charge in [0.15, 0.2) is 5.76 Å². The number of rotatable bonds is 8. The van der Waals surface area contributed by atoms with Crippen molar-refractivity contribution in [3.05, 3.63) is 90.2 Å². The summed E-state index contributed by atoms with van der Waals surface area (Å²) in [5, 5.41) is 3.83. The Balaban J connectivity index is 0.963. The van der Waals surface area contributed by atoms with Gasteiger partial charge in [-0.1, -0.05) is 26.0 Å². The highest BCUT2D eigenvalue weighted by molar-refractivity contribution is 5.92. The molecule has 2 aliphatic heterocycles. The number of carbonyl (C=O) groups is 2. The number of furan rings is 1. The number of likely N-dealkylation sites (tertiary alicyclic amines) is 1. The molecule has 2 unspecified atom stereocenters. The van der Waals surface area contributed by atoms with E-state index in [1.807, 2.05) is 56.3 Å². The van der Waals surface area contributed by atoms with Crippen molar-refractivity contribution in [1.29, 1.82) is 0 Å². The van der Waals surface area contributed by atoms with Gasteiger partial charge in [-0.2, -0.15) is 0 Å². The standard InChI is InChI=1S/C43H45N7O5/c1-22(2)38(48-43(52)53-4)41(51)49-13-5-6-34(49)40-45-21-32(47-40)25-8-10-30-35-18-28-14-24(31-20-44-39(46-31)29-16-26-15-27(26)17-29)9-11-33(28)50(35)42(55-37(30)19-25)36-12-7-23(3)54-36/h7-12,14,18-22,26-27,29,34,38,42H,5-6,13,15-17H2,1-4H3,(H,44,46)(H,45,47)(H,48,52)/t26-,27+,29?,34-,38-,42?/m0/s1. The third-order valence-corrected chi connectivity index (χ3v) is 12.3. The number of nitrogens with zero attached hydrogens (tertiary/aromatic N) is 4. The number of amides is 2. The van der Waals surface area contributed by atoms with E-state index in [9.17, 15) is 9.59 Å². The number of methoxy groups -OCH3 is 1. The maximum atomic E-state index is 13.7. The molecule has 4 aliphatic rings. The van der Waals surface area contributed by atoms with Crippen LogP contribution in [0.1, 0.15) is 87.3 Å². The largest absolute Gasteiger partial charge is 0.462 e. The molecule has 12 nitrogen and oxygen atoms in total. The summed E-state index contributed by atoms with van der Waals surface area (Å²) in [6.07, 6.45) is 8.21. The molecule has 0 spiro atoms. The zero-order valence-electron chi connectivity index (χ0n) is 31.5. The van der Waals surface area contributed by atoms with E-state index in [2.05, 4.69) is 56.3 Å². The Morgan fingerprint density at radius 2 is 1.67 bits per heavy atom. The molecule has 3 N–H and O–H groups in total. The number of carbonyl (C=O) groups excluding carboxylic acids is 2. The van der Waals surface area contributed by atoms with Gasteiger partial charge in [0.25, 0.3) is 0 Å². The molecule has 1 saturated heterocycles. The molecule has 6 atom stereocenters. The molecule has 2 saturated carbocycles. The zero-order chi connectivity index (χ0) is 37.5. The average molecular weight is 740 g/mol. The fraction of sp³-hybridized carbons (Fsp3) is 0.395. The number of nitrogens with one attached hydrogen (secondary N) is 3. The van der Waals surface area contributed by atoms with E-state index in [0.717, 1.165) is 92.4 Å². The molecule has 0 radical (unpaired) electrons. The van der Waals surface area contributed by atoms with Gasteiger partial charge in [0, 0.05) is 34.5 Å². The Labute approximate surface area is 318 Å². The molecule has 6 aromatic rings. The fourth-order valence-corrected chi connectivity index (χ4v) is 9.28. The summed E-state index contributed by atoms with van der Waals surface area (Å²) < 4.78 is 20.1. The number of aryl methyl sites for hydroxylation is 1. The first-order chi connectivity index (χ1) is 26.7. The smallest absolute Gasteiger partial charge is 0.407 e. The van der Waals surface area contributed by atoms with E-state index < -0.39 is 18.4 Å². The number of aromatic nitrogens is 5. The molecule has 55 heavy (non-hydrogen) atoms. The van der Waals surface area contributed by atoms with E-state index in [0.29, 0.717) is 18.3 Å². The normalized spacial score (nSPS) is 23.0. The molecule has 2 amide bonds. The Morgan fingerprint density at radius 3 is 2.42 bits per heavy atom. The Bertz CT molecular complexity index is 2440. The minimum atomic E-state index is -0.696. The SMILES string of the molecule is COC(=O)N[C@H](C(=O)N1CCC[C@H]1c1ncc(-c2ccc3c(c2)OC(c2ccc(C)o2)n2c-3cc3cc(-c4cnc(C5C[C@@H]6C[C@@H]6C5)[nH]4)ccc32)[nH]1)C(C)C. The van der Waals surface area contributed by atoms with Crippen LogP contribution in [0.2, 0.25) is 0 Å². The summed E-state index contributed by atoms with van der Waals surface area (Å²) in [6, 6.07) is 18.1. The van der Waals surface area contributed by atoms with Crippen molar-refractivity contribution >= 4 is 22.9 Å². The van der Waals surface area contributed by atoms with E-state index in [-0.39, 0.29) is 17.9 Å². The lowest BCUT2D eigenvalue weighted by Gasteiger charge is -2.30. The highest BCUT2D eigenvalue weighted by atomic mass is 16.5. The molecular weight excluding hydrogens is 695 g/mol. The van der Waals surface area contributed by atoms with Gasteiger partial charge in [0.1, 0.15) is 29.2 Å². The van der Waals surface area contributed by atoms with Crippen LogP contribution < -0.4 is 10.1 Å². The monoisotopic (exact) mass is 739 g/mol. The third-order valence-electron chi connectivity index (χ3n) is 12.3. The first-order valence-electron chi connectivity index (χ1n) is 19.5. The number of aromatic amines is 2. The Kier molecular flexibility index (Phi) is 7.93. The van der Waals surface area contributed by atoms with Gasteiger partial charge in [-0.05, 0) is 99.2 Å². The predicted octanol–water partition coefficient (Wildman–Crippen LogP) is 8.49. The van der Waals surface area contributed by atoms with Crippen LogP contribution in [-0.2, 0) is 9.53 Å². The van der Waals surface area contributed by atoms with Crippen molar-refractivity contribution in [2.45, 2.75) is 77.1 Å². The van der Waals surface area contributed by atoms with E-state index in [4.69, 9.17) is 23.9 Å². The van der Waals surface area contributed by atoms with Crippen molar-refractivity contribution in [2.75, 3.05) is 13.7 Å². The molecule has 2 aromatic carbocycles. The van der Waals surface area contributed by atoms with Crippen molar-refractivity contribution < 1.29 is 23.5 Å². The molecule has 12 heteroatoms. The summed E-state index contributed by atoms with van der Waals surface area (Å²) in [7, 11) is 1.30. The minimum absolute atomic E-state index is 0.110. The first-order valence-corrected chi connectivity index (χ1v) is 19.5. The van der Waals surface area contributed by atoms with E-state index >= 15 is 0 Å². The maximum absolute atomic E-state index is 13.7. The predicted molar refractivity (Wildman–Crippen MR) is 206 cm³/mol. The molecule has 3 fully saturated rings. The van der Waals surface area contributed by atoms with Gasteiger partial charge in [0.05, 0.1) is 48.1 Å². The van der Waals surface area contributed by atoms with Gasteiger partial charge >= 0.3 is 6.09 Å². The topological polar surface area (TPSA) is 143 Å².